The normalized spacial score (nSPS) is 30.1. The van der Waals surface area contributed by atoms with E-state index in [0.29, 0.717) is 23.7 Å². The minimum absolute atomic E-state index is 0.0964. The van der Waals surface area contributed by atoms with Gasteiger partial charge in [-0.1, -0.05) is 26.8 Å². The van der Waals surface area contributed by atoms with Gasteiger partial charge in [0.25, 0.3) is 5.56 Å². The van der Waals surface area contributed by atoms with E-state index < -0.39 is 0 Å². The highest BCUT2D eigenvalue weighted by Gasteiger charge is 2.43. The average molecular weight is 436 g/mol. The fraction of sp³-hybridized carbons (Fsp3) is 0.630. The average Bonchev–Trinajstić information content (AvgIpc) is 3.30. The zero-order chi connectivity index (χ0) is 22.5. The third-order valence-corrected chi connectivity index (χ3v) is 8.61. The predicted molar refractivity (Wildman–Crippen MR) is 127 cm³/mol. The summed E-state index contributed by atoms with van der Waals surface area (Å²) in [6, 6.07) is 9.77. The molecule has 5 nitrogen and oxygen atoms in total. The number of amides is 1. The second kappa shape index (κ2) is 7.93. The number of fused-ring (bicyclic) bond motifs is 4. The number of carbonyl (C=O) groups excluding carboxylic acids is 1. The first-order chi connectivity index (χ1) is 15.2. The van der Waals surface area contributed by atoms with Crippen molar-refractivity contribution in [3.8, 4) is 0 Å². The van der Waals surface area contributed by atoms with Crippen LogP contribution >= 0.6 is 0 Å². The van der Waals surface area contributed by atoms with Gasteiger partial charge in [0, 0.05) is 49.7 Å². The third kappa shape index (κ3) is 3.84. The Morgan fingerprint density at radius 1 is 1.03 bits per heavy atom. The quantitative estimate of drug-likeness (QED) is 0.706. The van der Waals surface area contributed by atoms with Crippen molar-refractivity contribution in [2.75, 3.05) is 13.1 Å². The van der Waals surface area contributed by atoms with Crippen LogP contribution < -0.4 is 5.56 Å². The molecule has 0 N–H and O–H groups in total. The molecule has 172 valence electrons. The maximum Gasteiger partial charge on any atom is 0.250 e. The molecule has 1 saturated carbocycles. The standard InChI is InChI=1S/C27H37N3O2/c1-26(2,3)22-9-11-27(12-10-22,29-13-4-5-14-29)16-25(32)28-17-20-15-21(19-28)23-7-6-8-24(31)30(23)18-20/h4-8,13-14,20-22H,9-12,15-19H2,1-3H3. The van der Waals surface area contributed by atoms with Crippen molar-refractivity contribution < 1.29 is 4.79 Å². The second-order valence-electron chi connectivity index (χ2n) is 11.6. The fourth-order valence-electron chi connectivity index (χ4n) is 6.69. The minimum Gasteiger partial charge on any atom is -0.348 e. The van der Waals surface area contributed by atoms with Crippen molar-refractivity contribution in [3.63, 3.8) is 0 Å². The molecule has 2 bridgehead atoms. The van der Waals surface area contributed by atoms with E-state index in [-0.39, 0.29) is 22.9 Å². The van der Waals surface area contributed by atoms with Crippen LogP contribution in [0.1, 0.15) is 70.9 Å². The Morgan fingerprint density at radius 2 is 1.75 bits per heavy atom. The summed E-state index contributed by atoms with van der Waals surface area (Å²) in [4.78, 5) is 28.1. The maximum absolute atomic E-state index is 13.7. The maximum atomic E-state index is 13.7. The van der Waals surface area contributed by atoms with Crippen LogP contribution in [-0.2, 0) is 16.9 Å². The van der Waals surface area contributed by atoms with Gasteiger partial charge in [-0.15, -0.1) is 0 Å². The fourth-order valence-corrected chi connectivity index (χ4v) is 6.69. The number of piperidine rings is 1. The van der Waals surface area contributed by atoms with Crippen molar-refractivity contribution >= 4 is 5.91 Å². The lowest BCUT2D eigenvalue weighted by atomic mass is 9.66. The highest BCUT2D eigenvalue weighted by Crippen LogP contribution is 2.46. The van der Waals surface area contributed by atoms with Crippen LogP contribution in [0, 0.1) is 17.3 Å². The largest absolute Gasteiger partial charge is 0.348 e. The SMILES string of the molecule is CC(C)(C)C1CCC(CC(=O)N2CC3CC(C2)c2cccc(=O)n2C3)(n2cccc2)CC1. The van der Waals surface area contributed by atoms with Gasteiger partial charge in [-0.2, -0.15) is 0 Å². The highest BCUT2D eigenvalue weighted by molar-refractivity contribution is 5.77. The topological polar surface area (TPSA) is 47.2 Å². The molecule has 1 aliphatic carbocycles. The van der Waals surface area contributed by atoms with Crippen LogP contribution in [0.4, 0.5) is 0 Å². The molecule has 0 aromatic carbocycles. The number of aromatic nitrogens is 2. The zero-order valence-electron chi connectivity index (χ0n) is 19.8. The molecule has 0 spiro atoms. The Morgan fingerprint density at radius 3 is 2.44 bits per heavy atom. The van der Waals surface area contributed by atoms with Gasteiger partial charge in [0.05, 0.1) is 12.0 Å². The first-order valence-electron chi connectivity index (χ1n) is 12.4. The van der Waals surface area contributed by atoms with E-state index in [1.54, 1.807) is 6.07 Å². The predicted octanol–water partition coefficient (Wildman–Crippen LogP) is 4.62. The lowest BCUT2D eigenvalue weighted by Gasteiger charge is -2.47. The minimum atomic E-state index is -0.107. The molecule has 1 saturated heterocycles. The van der Waals surface area contributed by atoms with Crippen molar-refractivity contribution in [2.24, 2.45) is 17.3 Å². The number of nitrogens with zero attached hydrogens (tertiary/aromatic N) is 3. The summed E-state index contributed by atoms with van der Waals surface area (Å²) in [6.07, 6.45) is 10.5. The van der Waals surface area contributed by atoms with E-state index in [1.807, 2.05) is 10.6 Å². The second-order valence-corrected chi connectivity index (χ2v) is 11.6. The summed E-state index contributed by atoms with van der Waals surface area (Å²) in [5.74, 6) is 1.66. The van der Waals surface area contributed by atoms with Crippen LogP contribution in [0.25, 0.3) is 0 Å². The van der Waals surface area contributed by atoms with E-state index in [1.165, 1.54) is 12.8 Å². The van der Waals surface area contributed by atoms with E-state index in [9.17, 15) is 9.59 Å². The summed E-state index contributed by atoms with van der Waals surface area (Å²) in [5, 5.41) is 0. The monoisotopic (exact) mass is 435 g/mol. The van der Waals surface area contributed by atoms with Crippen molar-refractivity contribution in [1.29, 1.82) is 0 Å². The summed E-state index contributed by atoms with van der Waals surface area (Å²) < 4.78 is 4.26. The Labute approximate surface area is 191 Å². The van der Waals surface area contributed by atoms with E-state index in [4.69, 9.17) is 0 Å². The number of likely N-dealkylation sites (tertiary alicyclic amines) is 1. The molecule has 2 unspecified atom stereocenters. The lowest BCUT2D eigenvalue weighted by molar-refractivity contribution is -0.137. The molecule has 5 rings (SSSR count). The lowest BCUT2D eigenvalue weighted by Crippen LogP contribution is -2.51. The zero-order valence-corrected chi connectivity index (χ0v) is 19.8. The highest BCUT2D eigenvalue weighted by atomic mass is 16.2. The molecule has 1 amide bonds. The molecule has 2 aromatic heterocycles. The van der Waals surface area contributed by atoms with Gasteiger partial charge in [-0.3, -0.25) is 9.59 Å². The number of pyridine rings is 1. The summed E-state index contributed by atoms with van der Waals surface area (Å²) in [7, 11) is 0. The van der Waals surface area contributed by atoms with Crippen LogP contribution in [0.5, 0.6) is 0 Å². The summed E-state index contributed by atoms with van der Waals surface area (Å²) >= 11 is 0. The number of carbonyl (C=O) groups is 1. The molecule has 4 heterocycles. The Hall–Kier alpha value is -2.30. The van der Waals surface area contributed by atoms with Gasteiger partial charge in [0.1, 0.15) is 0 Å². The van der Waals surface area contributed by atoms with E-state index in [2.05, 4.69) is 60.8 Å². The van der Waals surface area contributed by atoms with Gasteiger partial charge in [-0.05, 0) is 67.6 Å². The van der Waals surface area contributed by atoms with Crippen LogP contribution in [-0.4, -0.2) is 33.0 Å². The van der Waals surface area contributed by atoms with E-state index >= 15 is 0 Å². The third-order valence-electron chi connectivity index (χ3n) is 8.61. The van der Waals surface area contributed by atoms with Gasteiger partial charge in [-0.25, -0.2) is 0 Å². The number of hydrogen-bond acceptors (Lipinski definition) is 2. The van der Waals surface area contributed by atoms with Crippen LogP contribution in [0.3, 0.4) is 0 Å². The van der Waals surface area contributed by atoms with Gasteiger partial charge >= 0.3 is 0 Å². The van der Waals surface area contributed by atoms with Crippen LogP contribution in [0.2, 0.25) is 0 Å². The summed E-state index contributed by atoms with van der Waals surface area (Å²) in [5.41, 5.74) is 1.42. The Kier molecular flexibility index (Phi) is 5.34. The van der Waals surface area contributed by atoms with Crippen molar-refractivity contribution in [3.05, 3.63) is 58.8 Å². The molecule has 2 atom stereocenters. The molecule has 3 aliphatic rings. The molecule has 32 heavy (non-hydrogen) atoms. The van der Waals surface area contributed by atoms with E-state index in [0.717, 1.165) is 44.6 Å². The summed E-state index contributed by atoms with van der Waals surface area (Å²) in [6.45, 7) is 9.31. The Bertz CT molecular complexity index is 1020. The van der Waals surface area contributed by atoms with Gasteiger partial charge in [0.15, 0.2) is 0 Å². The first-order valence-corrected chi connectivity index (χ1v) is 12.4. The van der Waals surface area contributed by atoms with Crippen LogP contribution in [0.15, 0.2) is 47.5 Å². The first kappa shape index (κ1) is 21.5. The molecule has 5 heteroatoms. The number of rotatable bonds is 3. The van der Waals surface area contributed by atoms with Crippen molar-refractivity contribution in [1.82, 2.24) is 14.0 Å². The molecule has 2 aromatic rings. The van der Waals surface area contributed by atoms with Gasteiger partial charge in [0.2, 0.25) is 5.91 Å². The van der Waals surface area contributed by atoms with Gasteiger partial charge < -0.3 is 14.0 Å². The molecular formula is C27H37N3O2. The smallest absolute Gasteiger partial charge is 0.250 e. The molecule has 2 fully saturated rings. The molecule has 0 radical (unpaired) electrons. The molecule has 2 aliphatic heterocycles. The number of hydrogen-bond donors (Lipinski definition) is 0. The molecular weight excluding hydrogens is 398 g/mol. The Balaban J connectivity index is 1.35. The van der Waals surface area contributed by atoms with Crippen molar-refractivity contribution in [2.45, 2.75) is 77.3 Å².